The van der Waals surface area contributed by atoms with Crippen LogP contribution in [0.15, 0.2) is 0 Å². The van der Waals surface area contributed by atoms with Crippen molar-refractivity contribution in [2.75, 3.05) is 0 Å². The molecule has 0 spiro atoms. The maximum Gasteiger partial charge on any atom is 0.139 e. The molecule has 1 atom stereocenters. The van der Waals surface area contributed by atoms with E-state index in [0.717, 1.165) is 36.6 Å². The third-order valence-electron chi connectivity index (χ3n) is 7.69. The third-order valence-corrected chi connectivity index (χ3v) is 7.69. The van der Waals surface area contributed by atoms with Gasteiger partial charge in [0.15, 0.2) is 0 Å². The Hall–Kier alpha value is -0.860. The number of hydrogen-bond donors (Lipinski definition) is 0. The first-order valence-corrected chi connectivity index (χ1v) is 9.85. The van der Waals surface area contributed by atoms with E-state index in [0.29, 0.717) is 10.8 Å². The van der Waals surface area contributed by atoms with E-state index in [-0.39, 0.29) is 0 Å². The maximum atomic E-state index is 4.82. The summed E-state index contributed by atoms with van der Waals surface area (Å²) in [6, 6.07) is 0. The molecule has 0 saturated heterocycles. The average molecular weight is 313 g/mol. The van der Waals surface area contributed by atoms with Crippen molar-refractivity contribution in [3.8, 4) is 0 Å². The van der Waals surface area contributed by atoms with E-state index in [1.807, 2.05) is 0 Å². The molecule has 126 valence electrons. The van der Waals surface area contributed by atoms with Crippen molar-refractivity contribution >= 4 is 0 Å². The molecule has 0 amide bonds. The van der Waals surface area contributed by atoms with Crippen molar-refractivity contribution in [2.24, 2.45) is 29.1 Å². The summed E-state index contributed by atoms with van der Waals surface area (Å²) in [6.45, 7) is 8.29. The average Bonchev–Trinajstić information content (AvgIpc) is 2.88. The molecule has 1 aromatic rings. The van der Waals surface area contributed by atoms with E-state index >= 15 is 0 Å². The Morgan fingerprint density at radius 1 is 0.957 bits per heavy atom. The van der Waals surface area contributed by atoms with Crippen LogP contribution in [0.25, 0.3) is 0 Å². The molecule has 1 aliphatic heterocycles. The lowest BCUT2D eigenvalue weighted by molar-refractivity contribution is -0.0117. The van der Waals surface area contributed by atoms with Crippen LogP contribution in [-0.2, 0) is 18.4 Å². The summed E-state index contributed by atoms with van der Waals surface area (Å²) in [7, 11) is 0. The second-order valence-corrected chi connectivity index (χ2v) is 10.3. The molecule has 3 heteroatoms. The second kappa shape index (κ2) is 4.61. The van der Waals surface area contributed by atoms with Gasteiger partial charge in [-0.1, -0.05) is 20.8 Å². The highest BCUT2D eigenvalue weighted by Crippen LogP contribution is 2.60. The molecule has 5 aliphatic rings. The molecule has 4 aliphatic carbocycles. The van der Waals surface area contributed by atoms with Crippen molar-refractivity contribution in [1.29, 1.82) is 0 Å². The molecule has 1 unspecified atom stereocenters. The zero-order chi connectivity index (χ0) is 15.8. The Bertz CT molecular complexity index is 586. The number of nitrogens with zero attached hydrogens (tertiary/aromatic N) is 3. The maximum absolute atomic E-state index is 4.82. The van der Waals surface area contributed by atoms with Crippen LogP contribution in [0.1, 0.15) is 77.4 Å². The zero-order valence-corrected chi connectivity index (χ0v) is 15.0. The van der Waals surface area contributed by atoms with E-state index in [4.69, 9.17) is 10.2 Å². The van der Waals surface area contributed by atoms with Gasteiger partial charge in [-0.05, 0) is 74.0 Å². The summed E-state index contributed by atoms with van der Waals surface area (Å²) in [5.41, 5.74) is 0.784. The van der Waals surface area contributed by atoms with Crippen LogP contribution in [-0.4, -0.2) is 14.8 Å². The van der Waals surface area contributed by atoms with Gasteiger partial charge in [-0.3, -0.25) is 0 Å². The van der Waals surface area contributed by atoms with Gasteiger partial charge in [-0.25, -0.2) is 0 Å². The van der Waals surface area contributed by atoms with Gasteiger partial charge in [-0.2, -0.15) is 0 Å². The fourth-order valence-electron chi connectivity index (χ4n) is 6.84. The van der Waals surface area contributed by atoms with Crippen LogP contribution in [0.4, 0.5) is 0 Å². The topological polar surface area (TPSA) is 30.7 Å². The van der Waals surface area contributed by atoms with Crippen LogP contribution < -0.4 is 0 Å². The van der Waals surface area contributed by atoms with Gasteiger partial charge in [0.05, 0.1) is 0 Å². The Morgan fingerprint density at radius 2 is 1.57 bits per heavy atom. The standard InChI is InChI=1S/C20H31N3/c1-19(2,3)16-4-5-23-17(9-16)21-22-18(23)20-10-13-6-14(11-20)8-15(7-13)12-20/h13-16H,4-12H2,1-3H3. The predicted molar refractivity (Wildman–Crippen MR) is 91.1 cm³/mol. The van der Waals surface area contributed by atoms with E-state index < -0.39 is 0 Å². The van der Waals surface area contributed by atoms with Crippen LogP contribution in [0.5, 0.6) is 0 Å². The van der Waals surface area contributed by atoms with Crippen molar-refractivity contribution in [3.63, 3.8) is 0 Å². The Morgan fingerprint density at radius 3 is 2.13 bits per heavy atom. The normalized spacial score (nSPS) is 42.0. The highest BCUT2D eigenvalue weighted by atomic mass is 15.3. The molecule has 1 aromatic heterocycles. The molecule has 6 rings (SSSR count). The van der Waals surface area contributed by atoms with Crippen molar-refractivity contribution in [3.05, 3.63) is 11.6 Å². The number of aromatic nitrogens is 3. The minimum Gasteiger partial charge on any atom is -0.314 e. The summed E-state index contributed by atoms with van der Waals surface area (Å²) in [5.74, 6) is 6.38. The lowest BCUT2D eigenvalue weighted by Crippen LogP contribution is -2.50. The number of hydrogen-bond acceptors (Lipinski definition) is 2. The molecular formula is C20H31N3. The lowest BCUT2D eigenvalue weighted by atomic mass is 9.49. The summed E-state index contributed by atoms with van der Waals surface area (Å²) >= 11 is 0. The molecule has 0 aromatic carbocycles. The smallest absolute Gasteiger partial charge is 0.139 e. The molecule has 3 nitrogen and oxygen atoms in total. The van der Waals surface area contributed by atoms with Crippen LogP contribution in [0.2, 0.25) is 0 Å². The first kappa shape index (κ1) is 14.5. The molecule has 0 N–H and O–H groups in total. The van der Waals surface area contributed by atoms with Gasteiger partial charge < -0.3 is 4.57 Å². The van der Waals surface area contributed by atoms with Gasteiger partial charge >= 0.3 is 0 Å². The molecular weight excluding hydrogens is 282 g/mol. The third kappa shape index (κ3) is 2.14. The van der Waals surface area contributed by atoms with Crippen molar-refractivity contribution < 1.29 is 0 Å². The first-order valence-electron chi connectivity index (χ1n) is 9.85. The van der Waals surface area contributed by atoms with Gasteiger partial charge in [0.1, 0.15) is 11.6 Å². The molecule has 4 bridgehead atoms. The Balaban J connectivity index is 1.49. The molecule has 2 heterocycles. The SMILES string of the molecule is CC(C)(C)C1CCn2c(nnc2C23CC4CC(CC(C4)C2)C3)C1. The van der Waals surface area contributed by atoms with Gasteiger partial charge in [-0.15, -0.1) is 10.2 Å². The molecule has 4 fully saturated rings. The van der Waals surface area contributed by atoms with Gasteiger partial charge in [0.2, 0.25) is 0 Å². The fourth-order valence-corrected chi connectivity index (χ4v) is 6.84. The fraction of sp³-hybridized carbons (Fsp3) is 0.900. The molecule has 0 radical (unpaired) electrons. The van der Waals surface area contributed by atoms with E-state index in [2.05, 4.69) is 25.3 Å². The van der Waals surface area contributed by atoms with Crippen LogP contribution in [0.3, 0.4) is 0 Å². The predicted octanol–water partition coefficient (Wildman–Crippen LogP) is 4.35. The molecule has 23 heavy (non-hydrogen) atoms. The number of rotatable bonds is 1. The summed E-state index contributed by atoms with van der Waals surface area (Å²) in [5, 5.41) is 9.51. The highest BCUT2D eigenvalue weighted by Gasteiger charge is 2.54. The van der Waals surface area contributed by atoms with E-state index in [9.17, 15) is 0 Å². The minimum atomic E-state index is 0.387. The quantitative estimate of drug-likeness (QED) is 0.771. The minimum absolute atomic E-state index is 0.387. The van der Waals surface area contributed by atoms with E-state index in [1.54, 1.807) is 0 Å². The van der Waals surface area contributed by atoms with Crippen molar-refractivity contribution in [2.45, 2.75) is 84.1 Å². The summed E-state index contributed by atoms with van der Waals surface area (Å²) in [4.78, 5) is 0. The van der Waals surface area contributed by atoms with E-state index in [1.165, 1.54) is 56.6 Å². The van der Waals surface area contributed by atoms with Crippen molar-refractivity contribution in [1.82, 2.24) is 14.8 Å². The Kier molecular flexibility index (Phi) is 2.90. The Labute approximate surface area is 140 Å². The highest BCUT2D eigenvalue weighted by molar-refractivity contribution is 5.19. The lowest BCUT2D eigenvalue weighted by Gasteiger charge is -2.56. The first-order chi connectivity index (χ1) is 10.9. The van der Waals surface area contributed by atoms with Gasteiger partial charge in [0, 0.05) is 18.4 Å². The summed E-state index contributed by atoms with van der Waals surface area (Å²) in [6.07, 6.45) is 11.2. The number of fused-ring (bicyclic) bond motifs is 1. The molecule has 4 saturated carbocycles. The largest absolute Gasteiger partial charge is 0.314 e. The van der Waals surface area contributed by atoms with Gasteiger partial charge in [0.25, 0.3) is 0 Å². The van der Waals surface area contributed by atoms with Crippen LogP contribution >= 0.6 is 0 Å². The van der Waals surface area contributed by atoms with Crippen LogP contribution in [0, 0.1) is 29.1 Å². The monoisotopic (exact) mass is 313 g/mol. The second-order valence-electron chi connectivity index (χ2n) is 10.3. The summed E-state index contributed by atoms with van der Waals surface area (Å²) < 4.78 is 2.55. The zero-order valence-electron chi connectivity index (χ0n) is 15.0.